The van der Waals surface area contributed by atoms with Crippen molar-refractivity contribution in [3.05, 3.63) is 36.5 Å². The molecular formula is C18H21N5O2. The summed E-state index contributed by atoms with van der Waals surface area (Å²) in [6.45, 7) is 0. The summed E-state index contributed by atoms with van der Waals surface area (Å²) >= 11 is 0. The fourth-order valence-corrected chi connectivity index (χ4v) is 3.35. The molecule has 130 valence electrons. The van der Waals surface area contributed by atoms with Gasteiger partial charge in [0.1, 0.15) is 0 Å². The highest BCUT2D eigenvalue weighted by molar-refractivity contribution is 5.85. The number of anilines is 1. The summed E-state index contributed by atoms with van der Waals surface area (Å²) in [6.07, 6.45) is 5.26. The van der Waals surface area contributed by atoms with Gasteiger partial charge >= 0.3 is 0 Å². The van der Waals surface area contributed by atoms with E-state index in [1.165, 1.54) is 0 Å². The Bertz CT molecular complexity index is 879. The van der Waals surface area contributed by atoms with E-state index in [9.17, 15) is 5.11 Å². The SMILES string of the molecule is COc1nn(-c2ccnc(N[C@@H]3CCCC[C@H]3O)n2)c2ccccc12. The molecule has 1 aromatic carbocycles. The maximum atomic E-state index is 10.1. The Morgan fingerprint density at radius 2 is 2.04 bits per heavy atom. The molecule has 0 aliphatic heterocycles. The first-order valence-corrected chi connectivity index (χ1v) is 8.56. The minimum atomic E-state index is -0.355. The third-order valence-corrected chi connectivity index (χ3v) is 4.65. The first kappa shape index (κ1) is 15.8. The van der Waals surface area contributed by atoms with Crippen LogP contribution in [0.3, 0.4) is 0 Å². The van der Waals surface area contributed by atoms with Crippen LogP contribution in [0.2, 0.25) is 0 Å². The average Bonchev–Trinajstić information content (AvgIpc) is 3.03. The normalized spacial score (nSPS) is 20.6. The number of ether oxygens (including phenoxy) is 1. The van der Waals surface area contributed by atoms with Crippen molar-refractivity contribution in [1.29, 1.82) is 0 Å². The van der Waals surface area contributed by atoms with Crippen LogP contribution in [0.5, 0.6) is 5.88 Å². The quantitative estimate of drug-likeness (QED) is 0.760. The van der Waals surface area contributed by atoms with E-state index in [0.717, 1.165) is 36.6 Å². The minimum absolute atomic E-state index is 0.00657. The highest BCUT2D eigenvalue weighted by Crippen LogP contribution is 2.27. The van der Waals surface area contributed by atoms with Crippen LogP contribution in [0.1, 0.15) is 25.7 Å². The predicted octanol–water partition coefficient (Wildman–Crippen LogP) is 2.54. The second-order valence-electron chi connectivity index (χ2n) is 6.28. The lowest BCUT2D eigenvalue weighted by molar-refractivity contribution is 0.116. The molecule has 3 aromatic rings. The van der Waals surface area contributed by atoms with E-state index in [4.69, 9.17) is 4.74 Å². The summed E-state index contributed by atoms with van der Waals surface area (Å²) in [6, 6.07) is 9.66. The molecule has 0 bridgehead atoms. The van der Waals surface area contributed by atoms with Crippen LogP contribution in [-0.4, -0.2) is 44.1 Å². The van der Waals surface area contributed by atoms with Crippen molar-refractivity contribution >= 4 is 16.9 Å². The summed E-state index contributed by atoms with van der Waals surface area (Å²) in [5.74, 6) is 1.72. The van der Waals surface area contributed by atoms with Crippen LogP contribution >= 0.6 is 0 Å². The molecule has 2 N–H and O–H groups in total. The molecule has 1 aliphatic rings. The van der Waals surface area contributed by atoms with Crippen LogP contribution in [0.4, 0.5) is 5.95 Å². The zero-order valence-electron chi connectivity index (χ0n) is 14.1. The lowest BCUT2D eigenvalue weighted by Crippen LogP contribution is -2.36. The third kappa shape index (κ3) is 3.02. The van der Waals surface area contributed by atoms with Crippen molar-refractivity contribution in [3.8, 4) is 11.7 Å². The number of methoxy groups -OCH3 is 1. The first-order valence-electron chi connectivity index (χ1n) is 8.56. The number of rotatable bonds is 4. The number of benzene rings is 1. The molecule has 2 atom stereocenters. The van der Waals surface area contributed by atoms with Crippen LogP contribution in [0, 0.1) is 0 Å². The van der Waals surface area contributed by atoms with Gasteiger partial charge in [0.05, 0.1) is 30.2 Å². The molecule has 0 saturated heterocycles. The van der Waals surface area contributed by atoms with E-state index >= 15 is 0 Å². The van der Waals surface area contributed by atoms with Crippen LogP contribution in [-0.2, 0) is 0 Å². The van der Waals surface area contributed by atoms with Crippen LogP contribution in [0.25, 0.3) is 16.7 Å². The number of nitrogens with zero attached hydrogens (tertiary/aromatic N) is 4. The van der Waals surface area contributed by atoms with E-state index < -0.39 is 0 Å². The fraction of sp³-hybridized carbons (Fsp3) is 0.389. The van der Waals surface area contributed by atoms with E-state index in [0.29, 0.717) is 17.6 Å². The van der Waals surface area contributed by atoms with Crippen molar-refractivity contribution < 1.29 is 9.84 Å². The Hall–Kier alpha value is -2.67. The molecular weight excluding hydrogens is 318 g/mol. The van der Waals surface area contributed by atoms with Gasteiger partial charge in [0.2, 0.25) is 11.8 Å². The smallest absolute Gasteiger partial charge is 0.241 e. The number of para-hydroxylation sites is 1. The number of hydrogen-bond donors (Lipinski definition) is 2. The Balaban J connectivity index is 1.68. The summed E-state index contributed by atoms with van der Waals surface area (Å²) in [4.78, 5) is 8.88. The van der Waals surface area contributed by atoms with Gasteiger partial charge < -0.3 is 15.2 Å². The molecule has 1 fully saturated rings. The van der Waals surface area contributed by atoms with Gasteiger partial charge in [0.15, 0.2) is 5.82 Å². The lowest BCUT2D eigenvalue weighted by atomic mass is 9.93. The number of aromatic nitrogens is 4. The van der Waals surface area contributed by atoms with Crippen molar-refractivity contribution in [2.24, 2.45) is 0 Å². The summed E-state index contributed by atoms with van der Waals surface area (Å²) < 4.78 is 7.12. The van der Waals surface area contributed by atoms with E-state index in [-0.39, 0.29) is 12.1 Å². The van der Waals surface area contributed by atoms with E-state index in [1.807, 2.05) is 24.3 Å². The molecule has 2 heterocycles. The van der Waals surface area contributed by atoms with E-state index in [2.05, 4.69) is 20.4 Å². The molecule has 25 heavy (non-hydrogen) atoms. The molecule has 4 rings (SSSR count). The van der Waals surface area contributed by atoms with Gasteiger partial charge in [-0.3, -0.25) is 0 Å². The Labute approximate surface area is 145 Å². The van der Waals surface area contributed by atoms with Gasteiger partial charge in [-0.2, -0.15) is 4.98 Å². The molecule has 0 amide bonds. The number of hydrogen-bond acceptors (Lipinski definition) is 6. The molecule has 7 nitrogen and oxygen atoms in total. The molecule has 2 aromatic heterocycles. The summed E-state index contributed by atoms with van der Waals surface area (Å²) in [5.41, 5.74) is 0.918. The maximum Gasteiger partial charge on any atom is 0.241 e. The highest BCUT2D eigenvalue weighted by atomic mass is 16.5. The Morgan fingerprint density at radius 1 is 1.20 bits per heavy atom. The topological polar surface area (TPSA) is 85.1 Å². The first-order chi connectivity index (χ1) is 12.3. The van der Waals surface area contributed by atoms with Crippen molar-refractivity contribution in [2.45, 2.75) is 37.8 Å². The highest BCUT2D eigenvalue weighted by Gasteiger charge is 2.23. The van der Waals surface area contributed by atoms with Gasteiger partial charge in [0.25, 0.3) is 0 Å². The summed E-state index contributed by atoms with van der Waals surface area (Å²) in [5, 5.41) is 18.8. The second-order valence-corrected chi connectivity index (χ2v) is 6.28. The zero-order valence-corrected chi connectivity index (χ0v) is 14.1. The van der Waals surface area contributed by atoms with Gasteiger partial charge in [-0.25, -0.2) is 9.67 Å². The monoisotopic (exact) mass is 339 g/mol. The number of aliphatic hydroxyl groups is 1. The Kier molecular flexibility index (Phi) is 4.23. The van der Waals surface area contributed by atoms with Gasteiger partial charge in [0, 0.05) is 12.3 Å². The number of aliphatic hydroxyl groups excluding tert-OH is 1. The van der Waals surface area contributed by atoms with Crippen molar-refractivity contribution in [2.75, 3.05) is 12.4 Å². The van der Waals surface area contributed by atoms with Crippen molar-refractivity contribution in [1.82, 2.24) is 19.7 Å². The molecule has 0 radical (unpaired) electrons. The molecule has 7 heteroatoms. The van der Waals surface area contributed by atoms with Crippen LogP contribution < -0.4 is 10.1 Å². The van der Waals surface area contributed by atoms with Gasteiger partial charge in [-0.1, -0.05) is 25.0 Å². The standard InChI is InChI=1S/C18H21N5O2/c1-25-17-12-6-2-4-8-14(12)23(22-17)16-10-11-19-18(21-16)20-13-7-3-5-9-15(13)24/h2,4,6,8,10-11,13,15,24H,3,5,7,9H2,1H3,(H,19,20,21)/t13-,15-/m1/s1. The largest absolute Gasteiger partial charge is 0.479 e. The number of fused-ring (bicyclic) bond motifs is 1. The molecule has 1 saturated carbocycles. The zero-order chi connectivity index (χ0) is 17.2. The third-order valence-electron chi connectivity index (χ3n) is 4.65. The van der Waals surface area contributed by atoms with Gasteiger partial charge in [-0.05, 0) is 25.0 Å². The number of nitrogens with one attached hydrogen (secondary N) is 1. The minimum Gasteiger partial charge on any atom is -0.479 e. The second kappa shape index (κ2) is 6.68. The molecule has 0 spiro atoms. The van der Waals surface area contributed by atoms with Crippen LogP contribution in [0.15, 0.2) is 36.5 Å². The van der Waals surface area contributed by atoms with Crippen molar-refractivity contribution in [3.63, 3.8) is 0 Å². The molecule has 1 aliphatic carbocycles. The van der Waals surface area contributed by atoms with E-state index in [1.54, 1.807) is 24.1 Å². The Morgan fingerprint density at radius 3 is 2.88 bits per heavy atom. The maximum absolute atomic E-state index is 10.1. The fourth-order valence-electron chi connectivity index (χ4n) is 3.35. The average molecular weight is 339 g/mol. The summed E-state index contributed by atoms with van der Waals surface area (Å²) in [7, 11) is 1.61. The van der Waals surface area contributed by atoms with Gasteiger partial charge in [-0.15, -0.1) is 5.10 Å². The lowest BCUT2D eigenvalue weighted by Gasteiger charge is -2.28. The molecule has 0 unspecified atom stereocenters. The predicted molar refractivity (Wildman–Crippen MR) is 95.1 cm³/mol.